The van der Waals surface area contributed by atoms with Crippen molar-refractivity contribution in [3.05, 3.63) is 66.7 Å². The van der Waals surface area contributed by atoms with Crippen LogP contribution in [0.4, 0.5) is 27.4 Å². The van der Waals surface area contributed by atoms with Gasteiger partial charge in [-0.15, -0.1) is 10.2 Å². The molecule has 0 radical (unpaired) electrons. The zero-order valence-corrected chi connectivity index (χ0v) is 18.5. The summed E-state index contributed by atoms with van der Waals surface area (Å²) in [5.74, 6) is 0.527. The molecule has 10 heteroatoms. The molecule has 5 rings (SSSR count). The normalized spacial score (nSPS) is 18.3. The van der Waals surface area contributed by atoms with Crippen molar-refractivity contribution in [2.24, 2.45) is 5.92 Å². The van der Waals surface area contributed by atoms with E-state index in [0.717, 1.165) is 11.5 Å². The molecule has 1 atom stereocenters. The molecule has 0 saturated carbocycles. The van der Waals surface area contributed by atoms with Gasteiger partial charge in [-0.2, -0.15) is 0 Å². The van der Waals surface area contributed by atoms with E-state index in [-0.39, 0.29) is 30.0 Å². The van der Waals surface area contributed by atoms with Crippen molar-refractivity contribution in [2.75, 3.05) is 47.8 Å². The van der Waals surface area contributed by atoms with Gasteiger partial charge in [0.15, 0.2) is 11.6 Å². The molecule has 0 spiro atoms. The van der Waals surface area contributed by atoms with Crippen molar-refractivity contribution >= 4 is 34.8 Å². The minimum absolute atomic E-state index is 0.0133. The van der Waals surface area contributed by atoms with Gasteiger partial charge in [0.25, 0.3) is 0 Å². The van der Waals surface area contributed by atoms with Crippen LogP contribution in [0.25, 0.3) is 0 Å². The van der Waals surface area contributed by atoms with Crippen LogP contribution in [0.1, 0.15) is 6.42 Å². The van der Waals surface area contributed by atoms with E-state index in [1.54, 1.807) is 29.4 Å². The van der Waals surface area contributed by atoms with Gasteiger partial charge in [-0.05, 0) is 48.5 Å². The first kappa shape index (κ1) is 21.7. The molecular formula is C24H24FN7O2. The number of anilines is 4. The van der Waals surface area contributed by atoms with E-state index in [2.05, 4.69) is 25.4 Å². The minimum atomic E-state index is -0.387. The second-order valence-corrected chi connectivity index (χ2v) is 8.33. The molecule has 2 aromatic heterocycles. The summed E-state index contributed by atoms with van der Waals surface area (Å²) in [6.45, 7) is 2.71. The van der Waals surface area contributed by atoms with Crippen LogP contribution < -0.4 is 15.1 Å². The number of pyridine rings is 1. The smallest absolute Gasteiger partial charge is 0.228 e. The van der Waals surface area contributed by atoms with Crippen LogP contribution in [0, 0.1) is 11.7 Å². The third-order valence-corrected chi connectivity index (χ3v) is 6.13. The Balaban J connectivity index is 1.15. The van der Waals surface area contributed by atoms with Crippen molar-refractivity contribution in [1.29, 1.82) is 0 Å². The molecule has 34 heavy (non-hydrogen) atoms. The van der Waals surface area contributed by atoms with Gasteiger partial charge >= 0.3 is 0 Å². The van der Waals surface area contributed by atoms with Crippen molar-refractivity contribution in [1.82, 2.24) is 20.1 Å². The lowest BCUT2D eigenvalue weighted by atomic mass is 10.1. The summed E-state index contributed by atoms with van der Waals surface area (Å²) in [6.07, 6.45) is 3.58. The van der Waals surface area contributed by atoms with Crippen molar-refractivity contribution in [3.63, 3.8) is 0 Å². The number of rotatable bonds is 5. The van der Waals surface area contributed by atoms with Crippen LogP contribution >= 0.6 is 0 Å². The van der Waals surface area contributed by atoms with Crippen LogP contribution in [-0.4, -0.2) is 64.6 Å². The van der Waals surface area contributed by atoms with E-state index >= 15 is 0 Å². The molecule has 2 fully saturated rings. The predicted octanol–water partition coefficient (Wildman–Crippen LogP) is 2.46. The van der Waals surface area contributed by atoms with Gasteiger partial charge in [0, 0.05) is 62.9 Å². The van der Waals surface area contributed by atoms with Crippen molar-refractivity contribution < 1.29 is 14.0 Å². The summed E-state index contributed by atoms with van der Waals surface area (Å²) in [6, 6.07) is 13.3. The highest BCUT2D eigenvalue weighted by Crippen LogP contribution is 2.27. The fourth-order valence-electron chi connectivity index (χ4n) is 4.30. The third-order valence-electron chi connectivity index (χ3n) is 6.13. The molecule has 1 N–H and O–H groups in total. The maximum absolute atomic E-state index is 13.2. The molecule has 2 saturated heterocycles. The molecule has 0 aliphatic carbocycles. The van der Waals surface area contributed by atoms with Gasteiger partial charge in [0.2, 0.25) is 11.8 Å². The number of hydrogen-bond acceptors (Lipinski definition) is 7. The average Bonchev–Trinajstić information content (AvgIpc) is 3.27. The SMILES string of the molecule is O=C(C1CC(=O)N(c2ccc(F)cc2)C1)N1CCN(c2ccc(Nc3ccncc3)nn2)CC1. The van der Waals surface area contributed by atoms with Gasteiger partial charge in [0.1, 0.15) is 5.82 Å². The maximum atomic E-state index is 13.2. The number of nitrogens with one attached hydrogen (secondary N) is 1. The van der Waals surface area contributed by atoms with Gasteiger partial charge in [-0.3, -0.25) is 14.6 Å². The number of hydrogen-bond donors (Lipinski definition) is 1. The lowest BCUT2D eigenvalue weighted by Gasteiger charge is -2.36. The number of amides is 2. The fraction of sp³-hybridized carbons (Fsp3) is 0.292. The Morgan fingerprint density at radius 3 is 2.35 bits per heavy atom. The number of benzene rings is 1. The number of carbonyl (C=O) groups excluding carboxylic acids is 2. The van der Waals surface area contributed by atoms with E-state index in [4.69, 9.17) is 0 Å². The molecule has 2 aliphatic rings. The lowest BCUT2D eigenvalue weighted by molar-refractivity contribution is -0.136. The van der Waals surface area contributed by atoms with Crippen LogP contribution in [0.5, 0.6) is 0 Å². The summed E-state index contributed by atoms with van der Waals surface area (Å²) in [5.41, 5.74) is 1.50. The highest BCUT2D eigenvalue weighted by Gasteiger charge is 2.38. The highest BCUT2D eigenvalue weighted by atomic mass is 19.1. The minimum Gasteiger partial charge on any atom is -0.352 e. The molecule has 0 bridgehead atoms. The third kappa shape index (κ3) is 4.66. The van der Waals surface area contributed by atoms with Crippen LogP contribution in [0.2, 0.25) is 0 Å². The van der Waals surface area contributed by atoms with E-state index in [9.17, 15) is 14.0 Å². The van der Waals surface area contributed by atoms with Crippen LogP contribution in [0.15, 0.2) is 60.9 Å². The van der Waals surface area contributed by atoms with Gasteiger partial charge < -0.3 is 20.0 Å². The van der Waals surface area contributed by atoms with E-state index in [1.807, 2.05) is 29.2 Å². The first-order chi connectivity index (χ1) is 16.6. The number of nitrogens with zero attached hydrogens (tertiary/aromatic N) is 6. The standard InChI is InChI=1S/C24H24FN7O2/c25-18-1-3-20(4-2-18)32-16-17(15-23(32)33)24(34)31-13-11-30(12-14-31)22-6-5-21(28-29-22)27-19-7-9-26-10-8-19/h1-10,17H,11-16H2,(H,26,27,28). The fourth-order valence-corrected chi connectivity index (χ4v) is 4.30. The number of carbonyl (C=O) groups is 2. The lowest BCUT2D eigenvalue weighted by Crippen LogP contribution is -2.51. The van der Waals surface area contributed by atoms with Gasteiger partial charge in [-0.25, -0.2) is 4.39 Å². The number of piperazine rings is 1. The van der Waals surface area contributed by atoms with Crippen molar-refractivity contribution in [3.8, 4) is 0 Å². The quantitative estimate of drug-likeness (QED) is 0.624. The van der Waals surface area contributed by atoms with E-state index < -0.39 is 0 Å². The molecule has 1 aromatic carbocycles. The van der Waals surface area contributed by atoms with Crippen LogP contribution in [-0.2, 0) is 9.59 Å². The first-order valence-corrected chi connectivity index (χ1v) is 11.2. The Kier molecular flexibility index (Phi) is 6.03. The Labute approximate surface area is 196 Å². The monoisotopic (exact) mass is 461 g/mol. The van der Waals surface area contributed by atoms with Gasteiger partial charge in [-0.1, -0.05) is 0 Å². The van der Waals surface area contributed by atoms with E-state index in [0.29, 0.717) is 44.2 Å². The summed E-state index contributed by atoms with van der Waals surface area (Å²) >= 11 is 0. The zero-order chi connectivity index (χ0) is 23.5. The molecule has 1 unspecified atom stereocenters. The maximum Gasteiger partial charge on any atom is 0.228 e. The molecular weight excluding hydrogens is 437 g/mol. The average molecular weight is 462 g/mol. The largest absolute Gasteiger partial charge is 0.352 e. The molecule has 4 heterocycles. The Hall–Kier alpha value is -4.08. The van der Waals surface area contributed by atoms with Crippen LogP contribution in [0.3, 0.4) is 0 Å². The van der Waals surface area contributed by atoms with E-state index in [1.165, 1.54) is 12.1 Å². The topological polar surface area (TPSA) is 94.6 Å². The molecule has 9 nitrogen and oxygen atoms in total. The zero-order valence-electron chi connectivity index (χ0n) is 18.5. The Morgan fingerprint density at radius 1 is 0.941 bits per heavy atom. The molecule has 3 aromatic rings. The van der Waals surface area contributed by atoms with Crippen molar-refractivity contribution in [2.45, 2.75) is 6.42 Å². The highest BCUT2D eigenvalue weighted by molar-refractivity contribution is 6.00. The number of aromatic nitrogens is 3. The second kappa shape index (κ2) is 9.42. The summed E-state index contributed by atoms with van der Waals surface area (Å²) < 4.78 is 13.2. The molecule has 2 aliphatic heterocycles. The number of halogens is 1. The Morgan fingerprint density at radius 2 is 1.68 bits per heavy atom. The summed E-state index contributed by atoms with van der Waals surface area (Å²) in [7, 11) is 0. The summed E-state index contributed by atoms with van der Waals surface area (Å²) in [4.78, 5) is 35.0. The second-order valence-electron chi connectivity index (χ2n) is 8.33. The summed E-state index contributed by atoms with van der Waals surface area (Å²) in [5, 5.41) is 11.7. The predicted molar refractivity (Wildman–Crippen MR) is 125 cm³/mol. The van der Waals surface area contributed by atoms with Gasteiger partial charge in [0.05, 0.1) is 5.92 Å². The first-order valence-electron chi connectivity index (χ1n) is 11.2. The molecule has 2 amide bonds. The molecule has 174 valence electrons. The Bertz CT molecular complexity index is 1150.